The summed E-state index contributed by atoms with van der Waals surface area (Å²) in [5, 5.41) is 2.98. The van der Waals surface area contributed by atoms with E-state index in [1.54, 1.807) is 36.4 Å². The van der Waals surface area contributed by atoms with Gasteiger partial charge in [0.1, 0.15) is 5.82 Å². The van der Waals surface area contributed by atoms with Gasteiger partial charge in [-0.2, -0.15) is 0 Å². The minimum Gasteiger partial charge on any atom is -0.349 e. The summed E-state index contributed by atoms with van der Waals surface area (Å²) < 4.78 is 40.9. The zero-order valence-electron chi connectivity index (χ0n) is 16.7. The molecular weight excluding hydrogens is 391 g/mol. The van der Waals surface area contributed by atoms with Gasteiger partial charge in [-0.05, 0) is 69.4 Å². The molecule has 0 heterocycles. The molecule has 2 aromatic rings. The Morgan fingerprint density at radius 2 is 1.59 bits per heavy atom. The predicted molar refractivity (Wildman–Crippen MR) is 110 cm³/mol. The highest BCUT2D eigenvalue weighted by Crippen LogP contribution is 2.27. The van der Waals surface area contributed by atoms with Gasteiger partial charge in [0.05, 0.1) is 10.9 Å². The number of nitrogens with one attached hydrogen (secondary N) is 2. The summed E-state index contributed by atoms with van der Waals surface area (Å²) in [6.45, 7) is 3.78. The quantitative estimate of drug-likeness (QED) is 0.748. The Bertz CT molecular complexity index is 935. The molecule has 1 saturated carbocycles. The van der Waals surface area contributed by atoms with Crippen molar-refractivity contribution in [2.45, 2.75) is 56.5 Å². The fourth-order valence-electron chi connectivity index (χ4n) is 3.64. The molecular formula is C22H27FN2O3S. The smallest absolute Gasteiger partial charge is 0.240 e. The van der Waals surface area contributed by atoms with E-state index < -0.39 is 10.0 Å². The van der Waals surface area contributed by atoms with E-state index in [-0.39, 0.29) is 34.6 Å². The van der Waals surface area contributed by atoms with Gasteiger partial charge in [-0.3, -0.25) is 4.79 Å². The summed E-state index contributed by atoms with van der Waals surface area (Å²) in [4.78, 5) is 12.8. The minimum atomic E-state index is -3.55. The fourth-order valence-corrected chi connectivity index (χ4v) is 4.95. The second-order valence-electron chi connectivity index (χ2n) is 7.76. The number of hydrogen-bond donors (Lipinski definition) is 2. The lowest BCUT2D eigenvalue weighted by atomic mass is 9.85. The Labute approximate surface area is 171 Å². The molecule has 2 aromatic carbocycles. The topological polar surface area (TPSA) is 75.3 Å². The van der Waals surface area contributed by atoms with Gasteiger partial charge in [0.2, 0.25) is 15.9 Å². The van der Waals surface area contributed by atoms with Crippen LogP contribution in [0.1, 0.15) is 49.8 Å². The minimum absolute atomic E-state index is 0.0401. The molecule has 0 saturated heterocycles. The molecule has 0 spiro atoms. The number of carbonyl (C=O) groups excluding carboxylic acids is 1. The maximum atomic E-state index is 13.0. The van der Waals surface area contributed by atoms with Crippen molar-refractivity contribution in [3.63, 3.8) is 0 Å². The Balaban J connectivity index is 1.51. The molecule has 7 heteroatoms. The molecule has 2 N–H and O–H groups in total. The molecule has 1 aliphatic rings. The van der Waals surface area contributed by atoms with E-state index in [9.17, 15) is 17.6 Å². The number of carbonyl (C=O) groups is 1. The van der Waals surface area contributed by atoms with E-state index >= 15 is 0 Å². The monoisotopic (exact) mass is 418 g/mol. The van der Waals surface area contributed by atoms with Crippen LogP contribution in [-0.4, -0.2) is 20.4 Å². The molecule has 3 rings (SSSR count). The van der Waals surface area contributed by atoms with Gasteiger partial charge in [-0.15, -0.1) is 0 Å². The number of benzene rings is 2. The van der Waals surface area contributed by atoms with Crippen molar-refractivity contribution in [1.82, 2.24) is 10.0 Å². The third-order valence-electron chi connectivity index (χ3n) is 5.48. The molecule has 1 fully saturated rings. The van der Waals surface area contributed by atoms with Crippen LogP contribution in [0.4, 0.5) is 4.39 Å². The molecule has 0 radical (unpaired) electrons. The standard InChI is InChI=1S/C22H27FN2O3S/c1-15-3-13-21(14-4-15)29(27,28)25-20-11-7-18(8-12-20)22(26)24-16(2)17-5-9-19(23)10-6-17/h3-6,9-10,13-14,16,18,20,25H,7-8,11-12H2,1-2H3,(H,24,26)/t16-,18-,20-/m1/s1. The van der Waals surface area contributed by atoms with E-state index in [4.69, 9.17) is 0 Å². The van der Waals surface area contributed by atoms with Gasteiger partial charge in [-0.25, -0.2) is 17.5 Å². The predicted octanol–water partition coefficient (Wildman–Crippen LogP) is 3.85. The number of hydrogen-bond acceptors (Lipinski definition) is 3. The van der Waals surface area contributed by atoms with Crippen molar-refractivity contribution in [3.05, 3.63) is 65.5 Å². The van der Waals surface area contributed by atoms with Gasteiger partial charge in [0, 0.05) is 12.0 Å². The van der Waals surface area contributed by atoms with Crippen molar-refractivity contribution in [2.75, 3.05) is 0 Å². The van der Waals surface area contributed by atoms with E-state index in [0.717, 1.165) is 11.1 Å². The van der Waals surface area contributed by atoms with Crippen molar-refractivity contribution >= 4 is 15.9 Å². The summed E-state index contributed by atoms with van der Waals surface area (Å²) in [7, 11) is -3.55. The van der Waals surface area contributed by atoms with Crippen molar-refractivity contribution < 1.29 is 17.6 Å². The highest BCUT2D eigenvalue weighted by molar-refractivity contribution is 7.89. The first-order valence-electron chi connectivity index (χ1n) is 9.89. The molecule has 1 amide bonds. The zero-order valence-corrected chi connectivity index (χ0v) is 17.5. The van der Waals surface area contributed by atoms with Crippen LogP contribution in [0.5, 0.6) is 0 Å². The zero-order chi connectivity index (χ0) is 21.0. The molecule has 5 nitrogen and oxygen atoms in total. The van der Waals surface area contributed by atoms with Gasteiger partial charge in [-0.1, -0.05) is 29.8 Å². The summed E-state index contributed by atoms with van der Waals surface area (Å²) in [5.74, 6) is -0.488. The maximum absolute atomic E-state index is 13.0. The number of amides is 1. The van der Waals surface area contributed by atoms with E-state index in [2.05, 4.69) is 10.0 Å². The lowest BCUT2D eigenvalue weighted by molar-refractivity contribution is -0.126. The molecule has 0 unspecified atom stereocenters. The summed E-state index contributed by atoms with van der Waals surface area (Å²) >= 11 is 0. The third-order valence-corrected chi connectivity index (χ3v) is 7.02. The van der Waals surface area contributed by atoms with Gasteiger partial charge in [0.15, 0.2) is 0 Å². The van der Waals surface area contributed by atoms with E-state index in [1.807, 2.05) is 13.8 Å². The highest BCUT2D eigenvalue weighted by atomic mass is 32.2. The molecule has 156 valence electrons. The van der Waals surface area contributed by atoms with Crippen LogP contribution in [0.2, 0.25) is 0 Å². The number of sulfonamides is 1. The first-order valence-corrected chi connectivity index (χ1v) is 11.4. The second-order valence-corrected chi connectivity index (χ2v) is 9.48. The average Bonchev–Trinajstić information content (AvgIpc) is 2.69. The molecule has 0 bridgehead atoms. The van der Waals surface area contributed by atoms with Crippen molar-refractivity contribution in [3.8, 4) is 0 Å². The van der Waals surface area contributed by atoms with Crippen LogP contribution in [0, 0.1) is 18.7 Å². The van der Waals surface area contributed by atoms with E-state index in [0.29, 0.717) is 25.7 Å². The molecule has 1 aliphatic carbocycles. The molecule has 29 heavy (non-hydrogen) atoms. The summed E-state index contributed by atoms with van der Waals surface area (Å²) in [5.41, 5.74) is 1.85. The largest absolute Gasteiger partial charge is 0.349 e. The van der Waals surface area contributed by atoms with Crippen LogP contribution < -0.4 is 10.0 Å². The Morgan fingerprint density at radius 3 is 2.17 bits per heavy atom. The van der Waals surface area contributed by atoms with Crippen molar-refractivity contribution in [1.29, 1.82) is 0 Å². The Kier molecular flexibility index (Phi) is 6.70. The van der Waals surface area contributed by atoms with Gasteiger partial charge < -0.3 is 5.32 Å². The van der Waals surface area contributed by atoms with Gasteiger partial charge >= 0.3 is 0 Å². The number of aryl methyl sites for hydroxylation is 1. The maximum Gasteiger partial charge on any atom is 0.240 e. The van der Waals surface area contributed by atoms with Crippen LogP contribution in [0.25, 0.3) is 0 Å². The second kappa shape index (κ2) is 9.05. The van der Waals surface area contributed by atoms with Crippen LogP contribution in [0.3, 0.4) is 0 Å². The van der Waals surface area contributed by atoms with Crippen molar-refractivity contribution in [2.24, 2.45) is 5.92 Å². The molecule has 0 aliphatic heterocycles. The Hall–Kier alpha value is -2.25. The van der Waals surface area contributed by atoms with Crippen LogP contribution in [0.15, 0.2) is 53.4 Å². The van der Waals surface area contributed by atoms with Gasteiger partial charge in [0.25, 0.3) is 0 Å². The number of rotatable bonds is 6. The molecule has 1 atom stereocenters. The lowest BCUT2D eigenvalue weighted by Crippen LogP contribution is -2.41. The summed E-state index contributed by atoms with van der Waals surface area (Å²) in [6, 6.07) is 12.5. The number of halogens is 1. The SMILES string of the molecule is Cc1ccc(S(=O)(=O)N[C@H]2CC[C@H](C(=O)N[C@H](C)c3ccc(F)cc3)CC2)cc1. The normalized spacial score (nSPS) is 20.8. The third kappa shape index (κ3) is 5.64. The average molecular weight is 419 g/mol. The van der Waals surface area contributed by atoms with Crippen LogP contribution in [-0.2, 0) is 14.8 Å². The van der Waals surface area contributed by atoms with E-state index in [1.165, 1.54) is 12.1 Å². The van der Waals surface area contributed by atoms with Crippen LogP contribution >= 0.6 is 0 Å². The first-order chi connectivity index (χ1) is 13.7. The lowest BCUT2D eigenvalue weighted by Gasteiger charge is -2.29. The summed E-state index contributed by atoms with van der Waals surface area (Å²) in [6.07, 6.45) is 2.49. The molecule has 0 aromatic heterocycles. The fraction of sp³-hybridized carbons (Fsp3) is 0.409. The first kappa shape index (κ1) is 21.5. The Morgan fingerprint density at radius 1 is 1.00 bits per heavy atom. The highest BCUT2D eigenvalue weighted by Gasteiger charge is 2.29.